The van der Waals surface area contributed by atoms with Gasteiger partial charge in [0.05, 0.1) is 26.2 Å². The van der Waals surface area contributed by atoms with Gasteiger partial charge in [-0.15, -0.1) is 0 Å². The lowest BCUT2D eigenvalue weighted by Crippen LogP contribution is -2.46. The van der Waals surface area contributed by atoms with E-state index >= 15 is 0 Å². The molecule has 0 aromatic heterocycles. The molecule has 1 rings (SSSR count). The van der Waals surface area contributed by atoms with Gasteiger partial charge in [-0.1, -0.05) is 123 Å². The molecule has 0 aromatic rings. The molecule has 1 heteroatoms. The SMILES string of the molecule is CCCCCCCCCCCCCCCC[N+]1(CCCCCCCCC)CCCC1. The van der Waals surface area contributed by atoms with E-state index in [0.29, 0.717) is 0 Å². The highest BCUT2D eigenvalue weighted by atomic mass is 15.4. The minimum atomic E-state index is 1.37. The zero-order valence-corrected chi connectivity index (χ0v) is 21.5. The van der Waals surface area contributed by atoms with E-state index in [-0.39, 0.29) is 0 Å². The van der Waals surface area contributed by atoms with Crippen LogP contribution >= 0.6 is 0 Å². The van der Waals surface area contributed by atoms with Crippen molar-refractivity contribution in [1.82, 2.24) is 0 Å². The molecule has 1 aliphatic rings. The normalized spacial score (nSPS) is 15.8. The second kappa shape index (κ2) is 20.8. The van der Waals surface area contributed by atoms with Gasteiger partial charge in [-0.05, 0) is 25.7 Å². The van der Waals surface area contributed by atoms with E-state index < -0.39 is 0 Å². The highest BCUT2D eigenvalue weighted by Gasteiger charge is 2.30. The minimum Gasteiger partial charge on any atom is -0.324 e. The third kappa shape index (κ3) is 15.7. The first-order valence-corrected chi connectivity index (χ1v) is 14.7. The van der Waals surface area contributed by atoms with Crippen molar-refractivity contribution in [2.45, 2.75) is 162 Å². The van der Waals surface area contributed by atoms with Crippen LogP contribution in [0.3, 0.4) is 0 Å². The van der Waals surface area contributed by atoms with Gasteiger partial charge in [-0.2, -0.15) is 0 Å². The third-order valence-corrected chi connectivity index (χ3v) is 7.74. The molecule has 1 aliphatic heterocycles. The van der Waals surface area contributed by atoms with Crippen LogP contribution in [0.4, 0.5) is 0 Å². The average molecular weight is 423 g/mol. The molecule has 1 saturated heterocycles. The molecule has 0 bridgehead atoms. The molecule has 0 aliphatic carbocycles. The van der Waals surface area contributed by atoms with Crippen LogP contribution < -0.4 is 0 Å². The fraction of sp³-hybridized carbons (Fsp3) is 1.00. The topological polar surface area (TPSA) is 0 Å². The van der Waals surface area contributed by atoms with Crippen LogP contribution in [0.5, 0.6) is 0 Å². The zero-order chi connectivity index (χ0) is 21.6. The monoisotopic (exact) mass is 422 g/mol. The molecule has 0 N–H and O–H groups in total. The minimum absolute atomic E-state index is 1.37. The Labute approximate surface area is 192 Å². The summed E-state index contributed by atoms with van der Waals surface area (Å²) in [5.74, 6) is 0. The van der Waals surface area contributed by atoms with Gasteiger partial charge in [-0.3, -0.25) is 0 Å². The Kier molecular flexibility index (Phi) is 19.4. The lowest BCUT2D eigenvalue weighted by atomic mass is 10.0. The molecular weight excluding hydrogens is 362 g/mol. The molecule has 1 heterocycles. The summed E-state index contributed by atoms with van der Waals surface area (Å²) in [5.41, 5.74) is 0. The number of quaternary nitrogens is 1. The van der Waals surface area contributed by atoms with E-state index in [1.807, 2.05) is 0 Å². The van der Waals surface area contributed by atoms with Crippen LogP contribution in [0.25, 0.3) is 0 Å². The van der Waals surface area contributed by atoms with E-state index in [4.69, 9.17) is 0 Å². The summed E-state index contributed by atoms with van der Waals surface area (Å²) >= 11 is 0. The molecule has 0 radical (unpaired) electrons. The van der Waals surface area contributed by atoms with Crippen molar-refractivity contribution >= 4 is 0 Å². The standard InChI is InChI=1S/C29H60N/c1-3-5-7-9-11-12-13-14-15-16-17-19-21-23-27-30(28-24-25-29-30)26-22-20-18-10-8-6-4-2/h3-29H2,1-2H3/q+1. The van der Waals surface area contributed by atoms with Gasteiger partial charge < -0.3 is 4.48 Å². The first-order chi connectivity index (χ1) is 14.8. The molecule has 0 atom stereocenters. The van der Waals surface area contributed by atoms with Gasteiger partial charge >= 0.3 is 0 Å². The Bertz CT molecular complexity index is 331. The summed E-state index contributed by atoms with van der Waals surface area (Å²) in [7, 11) is 0. The number of rotatable bonds is 23. The quantitative estimate of drug-likeness (QED) is 0.113. The Hall–Kier alpha value is -0.0400. The Balaban J connectivity index is 1.90. The summed E-state index contributed by atoms with van der Waals surface area (Å²) in [5, 5.41) is 0. The largest absolute Gasteiger partial charge is 0.324 e. The number of nitrogens with zero attached hydrogens (tertiary/aromatic N) is 1. The predicted molar refractivity (Wildman–Crippen MR) is 137 cm³/mol. The molecule has 0 amide bonds. The lowest BCUT2D eigenvalue weighted by Gasteiger charge is -2.34. The second-order valence-corrected chi connectivity index (χ2v) is 10.7. The van der Waals surface area contributed by atoms with Gasteiger partial charge in [0.1, 0.15) is 0 Å². The maximum Gasteiger partial charge on any atom is 0.0788 e. The molecule has 0 aromatic carbocycles. The van der Waals surface area contributed by atoms with Gasteiger partial charge in [0.2, 0.25) is 0 Å². The zero-order valence-electron chi connectivity index (χ0n) is 21.5. The molecular formula is C29H60N+. The van der Waals surface area contributed by atoms with Crippen molar-refractivity contribution < 1.29 is 4.48 Å². The molecule has 1 fully saturated rings. The van der Waals surface area contributed by atoms with Gasteiger partial charge in [0.25, 0.3) is 0 Å². The van der Waals surface area contributed by atoms with E-state index in [2.05, 4.69) is 13.8 Å². The average Bonchev–Trinajstić information content (AvgIpc) is 3.22. The van der Waals surface area contributed by atoms with Gasteiger partial charge in [0.15, 0.2) is 0 Å². The van der Waals surface area contributed by atoms with Crippen molar-refractivity contribution in [2.24, 2.45) is 0 Å². The van der Waals surface area contributed by atoms with Crippen LogP contribution in [0.2, 0.25) is 0 Å². The third-order valence-electron chi connectivity index (χ3n) is 7.74. The van der Waals surface area contributed by atoms with Crippen molar-refractivity contribution in [3.63, 3.8) is 0 Å². The summed E-state index contributed by atoms with van der Waals surface area (Å²) in [6.45, 7) is 10.6. The van der Waals surface area contributed by atoms with E-state index in [0.717, 1.165) is 0 Å². The fourth-order valence-corrected chi connectivity index (χ4v) is 5.61. The van der Waals surface area contributed by atoms with Crippen LogP contribution in [-0.2, 0) is 0 Å². The van der Waals surface area contributed by atoms with Crippen LogP contribution in [0, 0.1) is 0 Å². The lowest BCUT2D eigenvalue weighted by molar-refractivity contribution is -0.917. The fourth-order valence-electron chi connectivity index (χ4n) is 5.61. The van der Waals surface area contributed by atoms with Crippen molar-refractivity contribution in [2.75, 3.05) is 26.2 Å². The molecule has 1 nitrogen and oxygen atoms in total. The van der Waals surface area contributed by atoms with Crippen LogP contribution in [0.15, 0.2) is 0 Å². The van der Waals surface area contributed by atoms with Crippen molar-refractivity contribution in [3.8, 4) is 0 Å². The van der Waals surface area contributed by atoms with E-state index in [1.165, 1.54) is 178 Å². The molecule has 180 valence electrons. The summed E-state index contributed by atoms with van der Waals surface area (Å²) < 4.78 is 1.49. The first-order valence-electron chi connectivity index (χ1n) is 14.7. The van der Waals surface area contributed by atoms with Gasteiger partial charge in [0, 0.05) is 12.8 Å². The van der Waals surface area contributed by atoms with Crippen LogP contribution in [-0.4, -0.2) is 30.7 Å². The Morgan fingerprint density at radius 3 is 0.933 bits per heavy atom. The van der Waals surface area contributed by atoms with E-state index in [9.17, 15) is 0 Å². The molecule has 30 heavy (non-hydrogen) atoms. The number of hydrogen-bond donors (Lipinski definition) is 0. The maximum atomic E-state index is 2.32. The number of likely N-dealkylation sites (tertiary alicyclic amines) is 1. The second-order valence-electron chi connectivity index (χ2n) is 10.7. The molecule has 0 spiro atoms. The Morgan fingerprint density at radius 1 is 0.367 bits per heavy atom. The van der Waals surface area contributed by atoms with Crippen LogP contribution in [0.1, 0.15) is 162 Å². The number of hydrogen-bond acceptors (Lipinski definition) is 0. The predicted octanol–water partition coefficient (Wildman–Crippen LogP) is 9.83. The summed E-state index contributed by atoms with van der Waals surface area (Å²) in [4.78, 5) is 0. The highest BCUT2D eigenvalue weighted by molar-refractivity contribution is 4.57. The molecule has 0 unspecified atom stereocenters. The highest BCUT2D eigenvalue weighted by Crippen LogP contribution is 2.23. The first kappa shape index (κ1) is 28.0. The van der Waals surface area contributed by atoms with Crippen molar-refractivity contribution in [1.29, 1.82) is 0 Å². The van der Waals surface area contributed by atoms with Gasteiger partial charge in [-0.25, -0.2) is 0 Å². The van der Waals surface area contributed by atoms with E-state index in [1.54, 1.807) is 0 Å². The summed E-state index contributed by atoms with van der Waals surface area (Å²) in [6, 6.07) is 0. The Morgan fingerprint density at radius 2 is 0.633 bits per heavy atom. The number of unbranched alkanes of at least 4 members (excludes halogenated alkanes) is 19. The summed E-state index contributed by atoms with van der Waals surface area (Å²) in [6.07, 6.45) is 33.9. The molecule has 0 saturated carbocycles. The maximum absolute atomic E-state index is 2.32. The smallest absolute Gasteiger partial charge is 0.0788 e. The van der Waals surface area contributed by atoms with Crippen molar-refractivity contribution in [3.05, 3.63) is 0 Å².